The van der Waals surface area contributed by atoms with Gasteiger partial charge in [0.2, 0.25) is 5.28 Å². The highest BCUT2D eigenvalue weighted by molar-refractivity contribution is 6.28. The molecule has 0 spiro atoms. The molecule has 0 bridgehead atoms. The van der Waals surface area contributed by atoms with Crippen molar-refractivity contribution in [3.63, 3.8) is 0 Å². The number of imidazole rings is 1. The fraction of sp³-hybridized carbons (Fsp3) is 0.300. The second-order valence-electron chi connectivity index (χ2n) is 3.18. The second kappa shape index (κ2) is 4.81. The summed E-state index contributed by atoms with van der Waals surface area (Å²) >= 11 is 5.77. The van der Waals surface area contributed by atoms with E-state index in [-0.39, 0.29) is 5.28 Å². The largest absolute Gasteiger partial charge is 0.368 e. The van der Waals surface area contributed by atoms with Crippen molar-refractivity contribution in [1.29, 1.82) is 0 Å². The maximum atomic E-state index is 5.77. The second-order valence-corrected chi connectivity index (χ2v) is 3.51. The number of halogens is 1. The molecule has 0 aliphatic heterocycles. The van der Waals surface area contributed by atoms with E-state index in [1.54, 1.807) is 6.33 Å². The van der Waals surface area contributed by atoms with E-state index in [0.717, 1.165) is 24.9 Å². The summed E-state index contributed by atoms with van der Waals surface area (Å²) in [7, 11) is 0. The summed E-state index contributed by atoms with van der Waals surface area (Å²) in [6.45, 7) is 0.742. The Labute approximate surface area is 97.7 Å². The zero-order valence-electron chi connectivity index (χ0n) is 8.50. The number of terminal acetylenes is 1. The van der Waals surface area contributed by atoms with Crippen LogP contribution in [0.1, 0.15) is 12.8 Å². The third-order valence-corrected chi connectivity index (χ3v) is 2.22. The van der Waals surface area contributed by atoms with Crippen molar-refractivity contribution in [3.8, 4) is 12.3 Å². The van der Waals surface area contributed by atoms with Gasteiger partial charge in [0, 0.05) is 13.0 Å². The fourth-order valence-corrected chi connectivity index (χ4v) is 1.50. The number of anilines is 1. The minimum atomic E-state index is 0.180. The van der Waals surface area contributed by atoms with Crippen LogP contribution in [0.3, 0.4) is 0 Å². The molecular formula is C10H10ClN5. The molecule has 0 saturated heterocycles. The maximum Gasteiger partial charge on any atom is 0.226 e. The van der Waals surface area contributed by atoms with Crippen molar-refractivity contribution in [2.45, 2.75) is 12.8 Å². The van der Waals surface area contributed by atoms with Crippen LogP contribution in [0.25, 0.3) is 11.2 Å². The molecule has 0 aliphatic rings. The summed E-state index contributed by atoms with van der Waals surface area (Å²) < 4.78 is 0. The van der Waals surface area contributed by atoms with E-state index in [1.165, 1.54) is 0 Å². The number of aromatic nitrogens is 4. The molecule has 0 fully saturated rings. The van der Waals surface area contributed by atoms with Crippen molar-refractivity contribution in [3.05, 3.63) is 11.6 Å². The summed E-state index contributed by atoms with van der Waals surface area (Å²) in [5.41, 5.74) is 1.31. The third-order valence-electron chi connectivity index (χ3n) is 2.05. The lowest BCUT2D eigenvalue weighted by molar-refractivity contribution is 0.901. The Balaban J connectivity index is 2.16. The van der Waals surface area contributed by atoms with Gasteiger partial charge in [0.05, 0.1) is 6.33 Å². The van der Waals surface area contributed by atoms with Gasteiger partial charge in [-0.25, -0.2) is 4.98 Å². The Bertz CT molecular complexity index is 527. The predicted molar refractivity (Wildman–Crippen MR) is 63.3 cm³/mol. The first-order valence-electron chi connectivity index (χ1n) is 4.85. The minimum Gasteiger partial charge on any atom is -0.368 e. The average Bonchev–Trinajstić information content (AvgIpc) is 2.72. The fourth-order valence-electron chi connectivity index (χ4n) is 1.33. The van der Waals surface area contributed by atoms with Crippen LogP contribution in [-0.4, -0.2) is 26.5 Å². The molecular weight excluding hydrogens is 226 g/mol. The van der Waals surface area contributed by atoms with Crippen LogP contribution in [0.2, 0.25) is 5.28 Å². The van der Waals surface area contributed by atoms with E-state index in [0.29, 0.717) is 11.5 Å². The zero-order chi connectivity index (χ0) is 11.4. The van der Waals surface area contributed by atoms with Gasteiger partial charge in [-0.3, -0.25) is 0 Å². The number of nitrogens with one attached hydrogen (secondary N) is 2. The molecule has 2 aromatic heterocycles. The van der Waals surface area contributed by atoms with E-state index >= 15 is 0 Å². The van der Waals surface area contributed by atoms with Gasteiger partial charge < -0.3 is 10.3 Å². The molecule has 0 aliphatic carbocycles. The topological polar surface area (TPSA) is 66.5 Å². The number of hydrogen-bond donors (Lipinski definition) is 2. The number of rotatable bonds is 4. The van der Waals surface area contributed by atoms with Crippen LogP contribution in [-0.2, 0) is 0 Å². The average molecular weight is 236 g/mol. The van der Waals surface area contributed by atoms with Crippen LogP contribution in [0.4, 0.5) is 5.82 Å². The molecule has 0 atom stereocenters. The van der Waals surface area contributed by atoms with Gasteiger partial charge in [-0.05, 0) is 18.0 Å². The number of nitrogens with zero attached hydrogens (tertiary/aromatic N) is 3. The van der Waals surface area contributed by atoms with Gasteiger partial charge in [0.1, 0.15) is 5.52 Å². The van der Waals surface area contributed by atoms with Gasteiger partial charge in [-0.1, -0.05) is 0 Å². The van der Waals surface area contributed by atoms with Crippen LogP contribution in [0.5, 0.6) is 0 Å². The molecule has 0 saturated carbocycles. The highest BCUT2D eigenvalue weighted by atomic mass is 35.5. The van der Waals surface area contributed by atoms with Crippen molar-refractivity contribution in [2.24, 2.45) is 0 Å². The Morgan fingerprint density at radius 1 is 1.50 bits per heavy atom. The van der Waals surface area contributed by atoms with Crippen LogP contribution >= 0.6 is 11.6 Å². The summed E-state index contributed by atoms with van der Waals surface area (Å²) in [5, 5.41) is 3.33. The Morgan fingerprint density at radius 3 is 3.19 bits per heavy atom. The number of hydrogen-bond acceptors (Lipinski definition) is 4. The number of unbranched alkanes of at least 4 members (excludes halogenated alkanes) is 1. The SMILES string of the molecule is C#CCCCNc1nc(Cl)nc2nc[nH]c12. The molecule has 2 aromatic rings. The molecule has 6 heteroatoms. The molecule has 82 valence electrons. The highest BCUT2D eigenvalue weighted by Crippen LogP contribution is 2.18. The Kier molecular flexibility index (Phi) is 3.22. The van der Waals surface area contributed by atoms with Gasteiger partial charge in [0.15, 0.2) is 11.5 Å². The van der Waals surface area contributed by atoms with E-state index in [9.17, 15) is 0 Å². The lowest BCUT2D eigenvalue weighted by Gasteiger charge is -2.04. The van der Waals surface area contributed by atoms with E-state index < -0.39 is 0 Å². The summed E-state index contributed by atoms with van der Waals surface area (Å²) in [5.74, 6) is 3.24. The van der Waals surface area contributed by atoms with Crippen LogP contribution in [0.15, 0.2) is 6.33 Å². The zero-order valence-corrected chi connectivity index (χ0v) is 9.25. The van der Waals surface area contributed by atoms with Crippen molar-refractivity contribution in [2.75, 3.05) is 11.9 Å². The Hall–Kier alpha value is -1.80. The van der Waals surface area contributed by atoms with E-state index in [1.807, 2.05) is 0 Å². The standard InChI is InChI=1S/C10H10ClN5/c1-2-3-4-5-12-8-7-9(14-6-13-7)16-10(11)15-8/h1,6H,3-5H2,(H2,12,13,14,15,16). The molecule has 5 nitrogen and oxygen atoms in total. The van der Waals surface area contributed by atoms with Crippen molar-refractivity contribution >= 4 is 28.6 Å². The first-order chi connectivity index (χ1) is 7.81. The lowest BCUT2D eigenvalue weighted by Crippen LogP contribution is -2.04. The third kappa shape index (κ3) is 2.23. The van der Waals surface area contributed by atoms with Crippen LogP contribution < -0.4 is 5.32 Å². The lowest BCUT2D eigenvalue weighted by atomic mass is 10.3. The van der Waals surface area contributed by atoms with Crippen molar-refractivity contribution in [1.82, 2.24) is 19.9 Å². The van der Waals surface area contributed by atoms with E-state index in [2.05, 4.69) is 31.2 Å². The molecule has 0 unspecified atom stereocenters. The summed E-state index contributed by atoms with van der Waals surface area (Å²) in [4.78, 5) is 15.1. The minimum absolute atomic E-state index is 0.180. The molecule has 0 aromatic carbocycles. The summed E-state index contributed by atoms with van der Waals surface area (Å²) in [6, 6.07) is 0. The van der Waals surface area contributed by atoms with Crippen molar-refractivity contribution < 1.29 is 0 Å². The molecule has 2 N–H and O–H groups in total. The smallest absolute Gasteiger partial charge is 0.226 e. The van der Waals surface area contributed by atoms with Gasteiger partial charge >= 0.3 is 0 Å². The number of H-pyrrole nitrogens is 1. The molecule has 2 heterocycles. The summed E-state index contributed by atoms with van der Waals surface area (Å²) in [6.07, 6.45) is 8.34. The van der Waals surface area contributed by atoms with Gasteiger partial charge in [-0.15, -0.1) is 12.3 Å². The predicted octanol–water partition coefficient (Wildman–Crippen LogP) is 1.83. The number of fused-ring (bicyclic) bond motifs is 1. The number of aromatic amines is 1. The highest BCUT2D eigenvalue weighted by Gasteiger charge is 2.07. The molecule has 0 radical (unpaired) electrons. The quantitative estimate of drug-likeness (QED) is 0.482. The Morgan fingerprint density at radius 2 is 2.38 bits per heavy atom. The maximum absolute atomic E-state index is 5.77. The molecule has 16 heavy (non-hydrogen) atoms. The van der Waals surface area contributed by atoms with Gasteiger partial charge in [0.25, 0.3) is 0 Å². The monoisotopic (exact) mass is 235 g/mol. The first-order valence-corrected chi connectivity index (χ1v) is 5.23. The van der Waals surface area contributed by atoms with Crippen LogP contribution in [0, 0.1) is 12.3 Å². The normalized spacial score (nSPS) is 10.2. The van der Waals surface area contributed by atoms with Gasteiger partial charge in [-0.2, -0.15) is 9.97 Å². The molecule has 0 amide bonds. The molecule has 2 rings (SSSR count). The van der Waals surface area contributed by atoms with E-state index in [4.69, 9.17) is 18.0 Å². The first kappa shape index (κ1) is 10.7.